The number of nitrogens with one attached hydrogen (secondary N) is 1. The van der Waals surface area contributed by atoms with Crippen LogP contribution in [0.15, 0.2) is 42.6 Å². The third-order valence-corrected chi connectivity index (χ3v) is 4.31. The van der Waals surface area contributed by atoms with Gasteiger partial charge in [0.2, 0.25) is 0 Å². The summed E-state index contributed by atoms with van der Waals surface area (Å²) in [6.45, 7) is 1.54. The van der Waals surface area contributed by atoms with E-state index in [0.29, 0.717) is 17.1 Å². The highest BCUT2D eigenvalue weighted by atomic mass is 19.1. The van der Waals surface area contributed by atoms with E-state index in [4.69, 9.17) is 0 Å². The van der Waals surface area contributed by atoms with Crippen LogP contribution in [0.4, 0.5) is 15.9 Å². The highest BCUT2D eigenvalue weighted by Crippen LogP contribution is 2.23. The van der Waals surface area contributed by atoms with Gasteiger partial charge < -0.3 is 10.2 Å². The van der Waals surface area contributed by atoms with Gasteiger partial charge >= 0.3 is 0 Å². The minimum absolute atomic E-state index is 0.0381. The number of pyridine rings is 1. The van der Waals surface area contributed by atoms with Crippen molar-refractivity contribution in [2.45, 2.75) is 32.1 Å². The normalized spacial score (nSPS) is 15.5. The maximum absolute atomic E-state index is 13.9. The molecule has 1 amide bonds. The smallest absolute Gasteiger partial charge is 0.257 e. The average Bonchev–Trinajstić information content (AvgIpc) is 2.57. The van der Waals surface area contributed by atoms with Crippen LogP contribution in [-0.2, 0) is 0 Å². The summed E-state index contributed by atoms with van der Waals surface area (Å²) in [5.41, 5.74) is 0.805. The molecule has 0 bridgehead atoms. The highest BCUT2D eigenvalue weighted by molar-refractivity contribution is 5.99. The van der Waals surface area contributed by atoms with Crippen molar-refractivity contribution in [3.8, 4) is 0 Å². The van der Waals surface area contributed by atoms with E-state index in [1.807, 2.05) is 4.90 Å². The number of para-hydroxylation sites is 1. The Labute approximate surface area is 141 Å². The van der Waals surface area contributed by atoms with Crippen LogP contribution in [0.3, 0.4) is 0 Å². The Balaban J connectivity index is 1.82. The molecule has 24 heavy (non-hydrogen) atoms. The number of aromatic nitrogens is 1. The van der Waals surface area contributed by atoms with Crippen molar-refractivity contribution in [3.63, 3.8) is 0 Å². The summed E-state index contributed by atoms with van der Waals surface area (Å²) in [5.74, 6) is -0.00805. The molecule has 1 aliphatic heterocycles. The predicted molar refractivity (Wildman–Crippen MR) is 92.9 cm³/mol. The minimum Gasteiger partial charge on any atom is -0.339 e. The molecule has 1 saturated heterocycles. The van der Waals surface area contributed by atoms with Crippen LogP contribution in [0.25, 0.3) is 0 Å². The van der Waals surface area contributed by atoms with Crippen LogP contribution < -0.4 is 5.32 Å². The molecule has 0 radical (unpaired) electrons. The SMILES string of the molecule is O=C(c1cccnc1Nc1ccccc1F)N1CCCCCCC1. The van der Waals surface area contributed by atoms with Gasteiger partial charge in [-0.05, 0) is 37.1 Å². The molecule has 2 aromatic rings. The van der Waals surface area contributed by atoms with Gasteiger partial charge in [0.15, 0.2) is 0 Å². The molecule has 0 atom stereocenters. The Bertz CT molecular complexity index is 697. The van der Waals surface area contributed by atoms with E-state index < -0.39 is 0 Å². The van der Waals surface area contributed by atoms with Gasteiger partial charge in [0.05, 0.1) is 11.3 Å². The van der Waals surface area contributed by atoms with Gasteiger partial charge in [-0.1, -0.05) is 31.4 Å². The Morgan fingerprint density at radius 2 is 1.71 bits per heavy atom. The second-order valence-corrected chi connectivity index (χ2v) is 6.06. The zero-order valence-corrected chi connectivity index (χ0v) is 13.7. The number of hydrogen-bond acceptors (Lipinski definition) is 3. The van der Waals surface area contributed by atoms with Crippen LogP contribution in [0.1, 0.15) is 42.5 Å². The molecule has 1 aromatic carbocycles. The average molecular weight is 327 g/mol. The van der Waals surface area contributed by atoms with Gasteiger partial charge in [0.1, 0.15) is 11.6 Å². The molecule has 1 N–H and O–H groups in total. The minimum atomic E-state index is -0.368. The summed E-state index contributed by atoms with van der Waals surface area (Å²) in [6.07, 6.45) is 7.24. The van der Waals surface area contributed by atoms with Crippen LogP contribution in [0.5, 0.6) is 0 Å². The fraction of sp³-hybridized carbons (Fsp3) is 0.368. The van der Waals surface area contributed by atoms with Crippen LogP contribution >= 0.6 is 0 Å². The van der Waals surface area contributed by atoms with Gasteiger partial charge in [0, 0.05) is 19.3 Å². The molecule has 0 spiro atoms. The van der Waals surface area contributed by atoms with E-state index in [1.54, 1.807) is 36.5 Å². The second kappa shape index (κ2) is 7.90. The number of anilines is 2. The number of benzene rings is 1. The molecule has 5 heteroatoms. The summed E-state index contributed by atoms with van der Waals surface area (Å²) in [4.78, 5) is 19.1. The fourth-order valence-electron chi connectivity index (χ4n) is 2.99. The molecule has 126 valence electrons. The Hall–Kier alpha value is -2.43. The first-order valence-electron chi connectivity index (χ1n) is 8.51. The molecule has 0 unspecified atom stereocenters. The zero-order valence-electron chi connectivity index (χ0n) is 13.7. The fourth-order valence-corrected chi connectivity index (χ4v) is 2.99. The summed E-state index contributed by atoms with van der Waals surface area (Å²) in [6, 6.07) is 9.87. The topological polar surface area (TPSA) is 45.2 Å². The monoisotopic (exact) mass is 327 g/mol. The molecule has 0 aliphatic carbocycles. The quantitative estimate of drug-likeness (QED) is 0.910. The van der Waals surface area contributed by atoms with E-state index in [2.05, 4.69) is 10.3 Å². The first-order valence-corrected chi connectivity index (χ1v) is 8.51. The maximum Gasteiger partial charge on any atom is 0.257 e. The van der Waals surface area contributed by atoms with Crippen LogP contribution in [0.2, 0.25) is 0 Å². The Morgan fingerprint density at radius 1 is 1.00 bits per heavy atom. The van der Waals surface area contributed by atoms with Gasteiger partial charge in [0.25, 0.3) is 5.91 Å². The van der Waals surface area contributed by atoms with Crippen molar-refractivity contribution in [1.82, 2.24) is 9.88 Å². The number of likely N-dealkylation sites (tertiary alicyclic amines) is 1. The predicted octanol–water partition coefficient (Wildman–Crippen LogP) is 4.37. The molecular formula is C19H22FN3O. The summed E-state index contributed by atoms with van der Waals surface area (Å²) < 4.78 is 13.9. The van der Waals surface area contributed by atoms with Gasteiger partial charge in [-0.3, -0.25) is 4.79 Å². The molecule has 1 aromatic heterocycles. The van der Waals surface area contributed by atoms with Crippen molar-refractivity contribution in [3.05, 3.63) is 54.0 Å². The van der Waals surface area contributed by atoms with Crippen molar-refractivity contribution in [2.75, 3.05) is 18.4 Å². The van der Waals surface area contributed by atoms with Crippen molar-refractivity contribution >= 4 is 17.4 Å². The summed E-state index contributed by atoms with van der Waals surface area (Å²) in [7, 11) is 0. The van der Waals surface area contributed by atoms with E-state index in [0.717, 1.165) is 38.8 Å². The second-order valence-electron chi connectivity index (χ2n) is 6.06. The van der Waals surface area contributed by atoms with Crippen molar-refractivity contribution < 1.29 is 9.18 Å². The standard InChI is InChI=1S/C19H22FN3O/c20-16-10-4-5-11-17(16)22-18-15(9-8-12-21-18)19(24)23-13-6-2-1-3-7-14-23/h4-5,8-12H,1-3,6-7,13-14H2,(H,21,22). The lowest BCUT2D eigenvalue weighted by Crippen LogP contribution is -2.34. The molecule has 0 saturated carbocycles. The molecule has 2 heterocycles. The molecule has 1 fully saturated rings. The van der Waals surface area contributed by atoms with Crippen molar-refractivity contribution in [1.29, 1.82) is 0 Å². The summed E-state index contributed by atoms with van der Waals surface area (Å²) in [5, 5.41) is 2.96. The number of hydrogen-bond donors (Lipinski definition) is 1. The van der Waals surface area contributed by atoms with E-state index >= 15 is 0 Å². The lowest BCUT2D eigenvalue weighted by molar-refractivity contribution is 0.0743. The molecule has 4 nitrogen and oxygen atoms in total. The Kier molecular flexibility index (Phi) is 5.41. The van der Waals surface area contributed by atoms with E-state index in [-0.39, 0.29) is 11.7 Å². The van der Waals surface area contributed by atoms with Gasteiger partial charge in [-0.15, -0.1) is 0 Å². The number of halogens is 1. The third-order valence-electron chi connectivity index (χ3n) is 4.31. The highest BCUT2D eigenvalue weighted by Gasteiger charge is 2.20. The summed E-state index contributed by atoms with van der Waals surface area (Å²) >= 11 is 0. The maximum atomic E-state index is 13.9. The van der Waals surface area contributed by atoms with Gasteiger partial charge in [-0.2, -0.15) is 0 Å². The molecular weight excluding hydrogens is 305 g/mol. The lowest BCUT2D eigenvalue weighted by atomic mass is 10.1. The molecule has 1 aliphatic rings. The van der Waals surface area contributed by atoms with Crippen LogP contribution in [-0.4, -0.2) is 28.9 Å². The lowest BCUT2D eigenvalue weighted by Gasteiger charge is -2.25. The van der Waals surface area contributed by atoms with E-state index in [1.165, 1.54) is 12.5 Å². The van der Waals surface area contributed by atoms with E-state index in [9.17, 15) is 9.18 Å². The Morgan fingerprint density at radius 3 is 2.46 bits per heavy atom. The largest absolute Gasteiger partial charge is 0.339 e. The molecule has 3 rings (SSSR count). The van der Waals surface area contributed by atoms with Crippen molar-refractivity contribution in [2.24, 2.45) is 0 Å². The number of carbonyl (C=O) groups is 1. The number of rotatable bonds is 3. The first kappa shape index (κ1) is 16.4. The number of carbonyl (C=O) groups excluding carboxylic acids is 1. The third kappa shape index (κ3) is 3.91. The number of amides is 1. The van der Waals surface area contributed by atoms with Crippen LogP contribution in [0, 0.1) is 5.82 Å². The number of nitrogens with zero attached hydrogens (tertiary/aromatic N) is 2. The van der Waals surface area contributed by atoms with Gasteiger partial charge in [-0.25, -0.2) is 9.37 Å². The zero-order chi connectivity index (χ0) is 16.8. The first-order chi connectivity index (χ1) is 11.8.